The number of nitrogens with zero attached hydrogens (tertiary/aromatic N) is 4. The predicted molar refractivity (Wildman–Crippen MR) is 115 cm³/mol. The number of ether oxygens (including phenoxy) is 1. The Morgan fingerprint density at radius 1 is 1.10 bits per heavy atom. The van der Waals surface area contributed by atoms with Crippen LogP contribution in [0.3, 0.4) is 0 Å². The topological polar surface area (TPSA) is 84.7 Å². The molecule has 0 spiro atoms. The number of thiazole rings is 1. The van der Waals surface area contributed by atoms with E-state index in [9.17, 15) is 13.2 Å². The van der Waals surface area contributed by atoms with Gasteiger partial charge in [-0.1, -0.05) is 0 Å². The van der Waals surface area contributed by atoms with Crippen LogP contribution >= 0.6 is 11.3 Å². The van der Waals surface area contributed by atoms with Crippen LogP contribution in [-0.4, -0.2) is 72.5 Å². The minimum Gasteiger partial charge on any atom is -0.379 e. The first-order valence-electron chi connectivity index (χ1n) is 10.3. The Balaban J connectivity index is 1.67. The number of hydrogen-bond acceptors (Lipinski definition) is 6. The van der Waals surface area contributed by atoms with Crippen molar-refractivity contribution in [3.8, 4) is 10.7 Å². The summed E-state index contributed by atoms with van der Waals surface area (Å²) in [5.74, 6) is 0.0306. The second kappa shape index (κ2) is 8.41. The molecule has 1 amide bonds. The number of amides is 1. The average molecular weight is 453 g/mol. The molecular weight excluding hydrogens is 424 g/mol. The fraction of sp³-hybridized carbons (Fsp3) is 0.600. The van der Waals surface area contributed by atoms with Gasteiger partial charge in [-0.05, 0) is 39.2 Å². The van der Waals surface area contributed by atoms with Gasteiger partial charge < -0.3 is 14.2 Å². The van der Waals surface area contributed by atoms with Crippen LogP contribution in [0.25, 0.3) is 10.7 Å². The molecule has 2 saturated heterocycles. The van der Waals surface area contributed by atoms with E-state index in [-0.39, 0.29) is 5.91 Å². The fourth-order valence-electron chi connectivity index (χ4n) is 4.01. The molecule has 0 atom stereocenters. The van der Waals surface area contributed by atoms with Crippen molar-refractivity contribution >= 4 is 27.3 Å². The van der Waals surface area contributed by atoms with Crippen LogP contribution < -0.4 is 0 Å². The number of piperidine rings is 1. The highest BCUT2D eigenvalue weighted by atomic mass is 32.2. The van der Waals surface area contributed by atoms with Crippen LogP contribution in [0.15, 0.2) is 11.0 Å². The lowest BCUT2D eigenvalue weighted by Crippen LogP contribution is -2.40. The highest BCUT2D eigenvalue weighted by Crippen LogP contribution is 2.34. The number of likely N-dealkylation sites (tertiary alicyclic amines) is 1. The lowest BCUT2D eigenvalue weighted by molar-refractivity contribution is 0.0728. The standard InChI is InChI=1S/C20H28N4O4S2/c1-14-18(20(25)23-7-5-4-6-8-23)29-19(21-14)16-13-17(15(2)22(16)3)30(26,27)24-9-11-28-12-10-24/h13H,4-12H2,1-3H3. The lowest BCUT2D eigenvalue weighted by Gasteiger charge is -2.26. The van der Waals surface area contributed by atoms with Crippen LogP contribution in [-0.2, 0) is 21.8 Å². The molecule has 8 nitrogen and oxygen atoms in total. The molecule has 2 aromatic rings. The molecule has 0 aliphatic carbocycles. The molecule has 0 N–H and O–H groups in total. The van der Waals surface area contributed by atoms with Crippen molar-refractivity contribution in [3.05, 3.63) is 22.3 Å². The summed E-state index contributed by atoms with van der Waals surface area (Å²) < 4.78 is 35.0. The van der Waals surface area contributed by atoms with Crippen molar-refractivity contribution < 1.29 is 17.9 Å². The van der Waals surface area contributed by atoms with Gasteiger partial charge in [-0.25, -0.2) is 13.4 Å². The Bertz CT molecular complexity index is 1050. The normalized spacial score (nSPS) is 18.7. The van der Waals surface area contributed by atoms with E-state index in [2.05, 4.69) is 4.98 Å². The van der Waals surface area contributed by atoms with Crippen LogP contribution in [0, 0.1) is 13.8 Å². The number of aromatic nitrogens is 2. The van der Waals surface area contributed by atoms with Gasteiger partial charge in [-0.3, -0.25) is 4.79 Å². The van der Waals surface area contributed by atoms with Gasteiger partial charge >= 0.3 is 0 Å². The Morgan fingerprint density at radius 3 is 2.43 bits per heavy atom. The lowest BCUT2D eigenvalue weighted by atomic mass is 10.1. The van der Waals surface area contributed by atoms with Gasteiger partial charge in [0.25, 0.3) is 5.91 Å². The Morgan fingerprint density at radius 2 is 1.77 bits per heavy atom. The highest BCUT2D eigenvalue weighted by Gasteiger charge is 2.31. The van der Waals surface area contributed by atoms with E-state index in [4.69, 9.17) is 4.74 Å². The fourth-order valence-corrected chi connectivity index (χ4v) is 6.77. The van der Waals surface area contributed by atoms with Gasteiger partial charge in [0, 0.05) is 38.9 Å². The second-order valence-corrected chi connectivity index (χ2v) is 10.7. The molecule has 164 valence electrons. The third kappa shape index (κ3) is 3.81. The summed E-state index contributed by atoms with van der Waals surface area (Å²) in [6.45, 7) is 6.76. The van der Waals surface area contributed by atoms with E-state index in [1.54, 1.807) is 13.0 Å². The predicted octanol–water partition coefficient (Wildman–Crippen LogP) is 2.41. The van der Waals surface area contributed by atoms with Gasteiger partial charge in [-0.2, -0.15) is 4.31 Å². The van der Waals surface area contributed by atoms with Crippen molar-refractivity contribution in [3.63, 3.8) is 0 Å². The smallest absolute Gasteiger partial charge is 0.265 e. The molecule has 4 rings (SSSR count). The molecular formula is C20H28N4O4S2. The first kappa shape index (κ1) is 21.5. The summed E-state index contributed by atoms with van der Waals surface area (Å²) in [7, 11) is -1.77. The second-order valence-electron chi connectivity index (χ2n) is 7.84. The molecule has 2 fully saturated rings. The highest BCUT2D eigenvalue weighted by molar-refractivity contribution is 7.89. The molecule has 0 saturated carbocycles. The van der Waals surface area contributed by atoms with Gasteiger partial charge in [0.1, 0.15) is 14.8 Å². The van der Waals surface area contributed by atoms with E-state index in [0.29, 0.717) is 58.2 Å². The maximum atomic E-state index is 13.2. The molecule has 0 aromatic carbocycles. The SMILES string of the molecule is Cc1nc(-c2cc(S(=O)(=O)N3CCOCC3)c(C)n2C)sc1C(=O)N1CCCCC1. The van der Waals surface area contributed by atoms with E-state index in [1.807, 2.05) is 23.4 Å². The molecule has 30 heavy (non-hydrogen) atoms. The van der Waals surface area contributed by atoms with E-state index < -0.39 is 10.0 Å². The van der Waals surface area contributed by atoms with Crippen LogP contribution in [0.1, 0.15) is 40.3 Å². The quantitative estimate of drug-likeness (QED) is 0.711. The zero-order chi connectivity index (χ0) is 21.5. The Labute approximate surface area is 181 Å². The van der Waals surface area contributed by atoms with Crippen molar-refractivity contribution in [2.45, 2.75) is 38.0 Å². The van der Waals surface area contributed by atoms with Gasteiger partial charge in [-0.15, -0.1) is 11.3 Å². The molecule has 10 heteroatoms. The number of aryl methyl sites for hydroxylation is 1. The largest absolute Gasteiger partial charge is 0.379 e. The van der Waals surface area contributed by atoms with Gasteiger partial charge in [0.15, 0.2) is 0 Å². The Kier molecular flexibility index (Phi) is 6.02. The molecule has 2 aliphatic heterocycles. The minimum absolute atomic E-state index is 0.0306. The van der Waals surface area contributed by atoms with Crippen LogP contribution in [0.5, 0.6) is 0 Å². The third-order valence-electron chi connectivity index (χ3n) is 5.93. The van der Waals surface area contributed by atoms with E-state index in [1.165, 1.54) is 22.1 Å². The van der Waals surface area contributed by atoms with E-state index in [0.717, 1.165) is 25.9 Å². The number of morpholine rings is 1. The van der Waals surface area contributed by atoms with E-state index >= 15 is 0 Å². The molecule has 0 radical (unpaired) electrons. The third-order valence-corrected chi connectivity index (χ3v) is 9.11. The first-order chi connectivity index (χ1) is 14.3. The number of carbonyl (C=O) groups excluding carboxylic acids is 1. The number of hydrogen-bond donors (Lipinski definition) is 0. The maximum Gasteiger partial charge on any atom is 0.265 e. The number of rotatable bonds is 4. The number of carbonyl (C=O) groups is 1. The Hall–Kier alpha value is -1.75. The summed E-state index contributed by atoms with van der Waals surface area (Å²) in [6, 6.07) is 1.69. The summed E-state index contributed by atoms with van der Waals surface area (Å²) in [6.07, 6.45) is 3.24. The molecule has 0 bridgehead atoms. The monoisotopic (exact) mass is 452 g/mol. The minimum atomic E-state index is -3.60. The van der Waals surface area contributed by atoms with Crippen molar-refractivity contribution in [2.24, 2.45) is 7.05 Å². The van der Waals surface area contributed by atoms with Crippen LogP contribution in [0.4, 0.5) is 0 Å². The molecule has 2 aromatic heterocycles. The molecule has 0 unspecified atom stereocenters. The molecule has 4 heterocycles. The van der Waals surface area contributed by atoms with Crippen molar-refractivity contribution in [1.82, 2.24) is 18.8 Å². The summed E-state index contributed by atoms with van der Waals surface area (Å²) in [5, 5.41) is 0.668. The first-order valence-corrected chi connectivity index (χ1v) is 12.6. The zero-order valence-electron chi connectivity index (χ0n) is 17.7. The summed E-state index contributed by atoms with van der Waals surface area (Å²) >= 11 is 1.35. The zero-order valence-corrected chi connectivity index (χ0v) is 19.3. The number of sulfonamides is 1. The van der Waals surface area contributed by atoms with Gasteiger partial charge in [0.2, 0.25) is 10.0 Å². The van der Waals surface area contributed by atoms with Crippen LogP contribution in [0.2, 0.25) is 0 Å². The average Bonchev–Trinajstić information content (AvgIpc) is 3.29. The summed E-state index contributed by atoms with van der Waals surface area (Å²) in [5.41, 5.74) is 2.07. The van der Waals surface area contributed by atoms with Gasteiger partial charge in [0.05, 0.1) is 24.6 Å². The summed E-state index contributed by atoms with van der Waals surface area (Å²) in [4.78, 5) is 20.4. The van der Waals surface area contributed by atoms with Crippen molar-refractivity contribution in [1.29, 1.82) is 0 Å². The van der Waals surface area contributed by atoms with Crippen molar-refractivity contribution in [2.75, 3.05) is 39.4 Å². The molecule has 2 aliphatic rings. The maximum absolute atomic E-state index is 13.2.